The van der Waals surface area contributed by atoms with Gasteiger partial charge in [-0.3, -0.25) is 4.90 Å². The van der Waals surface area contributed by atoms with Gasteiger partial charge in [0.1, 0.15) is 0 Å². The maximum absolute atomic E-state index is 12.7. The van der Waals surface area contributed by atoms with E-state index in [0.29, 0.717) is 0 Å². The summed E-state index contributed by atoms with van der Waals surface area (Å²) in [6.07, 6.45) is 1.01. The standard InChI is InChI=1S/C16H24N2O2S/c1-16(2,3)17-10-14-9-15(11-17)18(14)21(19,20)12-13-7-5-4-6-8-13/h4-8,14-15H,9-12H2,1-3H3. The van der Waals surface area contributed by atoms with Gasteiger partial charge in [-0.1, -0.05) is 30.3 Å². The first-order valence-electron chi connectivity index (χ1n) is 7.57. The summed E-state index contributed by atoms with van der Waals surface area (Å²) in [5.41, 5.74) is 0.988. The second-order valence-corrected chi connectivity index (χ2v) is 9.07. The molecule has 0 spiro atoms. The number of nitrogens with zero attached hydrogens (tertiary/aromatic N) is 2. The van der Waals surface area contributed by atoms with Crippen molar-refractivity contribution in [3.05, 3.63) is 35.9 Å². The van der Waals surface area contributed by atoms with E-state index in [0.717, 1.165) is 25.1 Å². The Morgan fingerprint density at radius 3 is 2.19 bits per heavy atom. The molecule has 3 aliphatic rings. The Morgan fingerprint density at radius 2 is 1.67 bits per heavy atom. The Bertz CT molecular complexity index is 595. The highest BCUT2D eigenvalue weighted by Crippen LogP contribution is 2.38. The van der Waals surface area contributed by atoms with Crippen LogP contribution < -0.4 is 0 Å². The van der Waals surface area contributed by atoms with Crippen LogP contribution in [0, 0.1) is 0 Å². The molecule has 0 amide bonds. The van der Waals surface area contributed by atoms with Gasteiger partial charge in [-0.05, 0) is 32.8 Å². The SMILES string of the molecule is CC(C)(C)N1CC2CC(C1)N2S(=O)(=O)Cc1ccccc1. The lowest BCUT2D eigenvalue weighted by atomic mass is 9.88. The Labute approximate surface area is 127 Å². The van der Waals surface area contributed by atoms with Gasteiger partial charge in [0.05, 0.1) is 5.75 Å². The van der Waals surface area contributed by atoms with Gasteiger partial charge >= 0.3 is 0 Å². The van der Waals surface area contributed by atoms with Crippen molar-refractivity contribution in [2.24, 2.45) is 0 Å². The van der Waals surface area contributed by atoms with E-state index >= 15 is 0 Å². The molecule has 4 nitrogen and oxygen atoms in total. The van der Waals surface area contributed by atoms with Gasteiger partial charge in [-0.15, -0.1) is 0 Å². The van der Waals surface area contributed by atoms with Crippen LogP contribution in [-0.4, -0.2) is 48.3 Å². The summed E-state index contributed by atoms with van der Waals surface area (Å²) in [4.78, 5) is 2.40. The van der Waals surface area contributed by atoms with E-state index in [1.807, 2.05) is 30.3 Å². The van der Waals surface area contributed by atoms with Gasteiger partial charge in [0, 0.05) is 30.7 Å². The molecule has 21 heavy (non-hydrogen) atoms. The summed E-state index contributed by atoms with van der Waals surface area (Å²) in [5, 5.41) is 0. The second-order valence-electron chi connectivity index (χ2n) is 7.19. The number of rotatable bonds is 3. The Balaban J connectivity index is 1.72. The number of benzene rings is 1. The van der Waals surface area contributed by atoms with Crippen LogP contribution >= 0.6 is 0 Å². The molecular weight excluding hydrogens is 284 g/mol. The summed E-state index contributed by atoms with van der Waals surface area (Å²) < 4.78 is 27.1. The number of sulfonamides is 1. The molecule has 3 heterocycles. The normalized spacial score (nSPS) is 27.4. The molecule has 0 N–H and O–H groups in total. The Hall–Kier alpha value is -0.910. The van der Waals surface area contributed by atoms with Crippen molar-refractivity contribution in [1.29, 1.82) is 0 Å². The van der Waals surface area contributed by atoms with Crippen molar-refractivity contribution in [1.82, 2.24) is 9.21 Å². The van der Waals surface area contributed by atoms with E-state index < -0.39 is 10.0 Å². The van der Waals surface area contributed by atoms with Crippen LogP contribution in [0.25, 0.3) is 0 Å². The highest BCUT2D eigenvalue weighted by Gasteiger charge is 2.51. The first-order valence-corrected chi connectivity index (χ1v) is 9.18. The molecule has 3 saturated heterocycles. The molecule has 1 aromatic rings. The molecular formula is C16H24N2O2S. The van der Waals surface area contributed by atoms with Crippen LogP contribution in [0.1, 0.15) is 32.8 Å². The minimum atomic E-state index is -3.20. The third kappa shape index (κ3) is 2.87. The lowest BCUT2D eigenvalue weighted by molar-refractivity contribution is -0.0450. The molecule has 0 saturated carbocycles. The summed E-state index contributed by atoms with van der Waals surface area (Å²) in [6.45, 7) is 8.30. The monoisotopic (exact) mass is 308 g/mol. The predicted octanol–water partition coefficient (Wildman–Crippen LogP) is 2.07. The average molecular weight is 308 g/mol. The summed E-state index contributed by atoms with van der Waals surface area (Å²) in [7, 11) is -3.20. The number of hydrogen-bond donors (Lipinski definition) is 0. The summed E-state index contributed by atoms with van der Waals surface area (Å²) in [6, 6.07) is 9.79. The van der Waals surface area contributed by atoms with Crippen molar-refractivity contribution in [2.45, 2.75) is 50.6 Å². The topological polar surface area (TPSA) is 40.6 Å². The summed E-state index contributed by atoms with van der Waals surface area (Å²) >= 11 is 0. The van der Waals surface area contributed by atoms with E-state index in [4.69, 9.17) is 0 Å². The molecule has 0 radical (unpaired) electrons. The van der Waals surface area contributed by atoms with Gasteiger partial charge in [0.15, 0.2) is 0 Å². The second kappa shape index (κ2) is 5.07. The fraction of sp³-hybridized carbons (Fsp3) is 0.625. The van der Waals surface area contributed by atoms with E-state index in [9.17, 15) is 8.42 Å². The van der Waals surface area contributed by atoms with E-state index in [2.05, 4.69) is 25.7 Å². The van der Waals surface area contributed by atoms with Gasteiger partial charge in [-0.25, -0.2) is 8.42 Å². The molecule has 2 atom stereocenters. The lowest BCUT2D eigenvalue weighted by Gasteiger charge is -2.58. The largest absolute Gasteiger partial charge is 0.295 e. The zero-order valence-electron chi connectivity index (χ0n) is 13.0. The van der Waals surface area contributed by atoms with Crippen LogP contribution in [-0.2, 0) is 15.8 Å². The van der Waals surface area contributed by atoms with Gasteiger partial charge in [-0.2, -0.15) is 4.31 Å². The maximum atomic E-state index is 12.7. The van der Waals surface area contributed by atoms with Gasteiger partial charge in [0.25, 0.3) is 0 Å². The first-order chi connectivity index (χ1) is 9.77. The number of fused-ring (bicyclic) bond motifs is 2. The third-order valence-electron chi connectivity index (χ3n) is 4.59. The Morgan fingerprint density at radius 1 is 1.10 bits per heavy atom. The zero-order chi connectivity index (χ0) is 15.3. The van der Waals surface area contributed by atoms with E-state index in [1.54, 1.807) is 4.31 Å². The van der Waals surface area contributed by atoms with Crippen molar-refractivity contribution in [2.75, 3.05) is 13.1 Å². The molecule has 0 aromatic heterocycles. The van der Waals surface area contributed by atoms with E-state index in [1.165, 1.54) is 0 Å². The quantitative estimate of drug-likeness (QED) is 0.858. The molecule has 4 rings (SSSR count). The highest BCUT2D eigenvalue weighted by atomic mass is 32.2. The van der Waals surface area contributed by atoms with Gasteiger partial charge in [0.2, 0.25) is 10.0 Å². The fourth-order valence-electron chi connectivity index (χ4n) is 3.44. The van der Waals surface area contributed by atoms with Crippen LogP contribution in [0.3, 0.4) is 0 Å². The van der Waals surface area contributed by atoms with E-state index in [-0.39, 0.29) is 23.4 Å². The molecule has 3 fully saturated rings. The molecule has 1 aromatic carbocycles. The predicted molar refractivity (Wildman–Crippen MR) is 84.4 cm³/mol. The number of hydrogen-bond acceptors (Lipinski definition) is 3. The minimum Gasteiger partial charge on any atom is -0.295 e. The first kappa shape index (κ1) is 15.0. The van der Waals surface area contributed by atoms with Crippen LogP contribution in [0.4, 0.5) is 0 Å². The Kier molecular flexibility index (Phi) is 3.62. The van der Waals surface area contributed by atoms with Crippen LogP contribution in [0.15, 0.2) is 30.3 Å². The average Bonchev–Trinajstić information content (AvgIpc) is 2.37. The zero-order valence-corrected chi connectivity index (χ0v) is 13.8. The number of piperazine rings is 1. The third-order valence-corrected chi connectivity index (χ3v) is 6.52. The maximum Gasteiger partial charge on any atom is 0.218 e. The smallest absolute Gasteiger partial charge is 0.218 e. The number of piperidine rings is 1. The van der Waals surface area contributed by atoms with Crippen molar-refractivity contribution >= 4 is 10.0 Å². The molecule has 3 aliphatic heterocycles. The van der Waals surface area contributed by atoms with Crippen molar-refractivity contribution in [3.8, 4) is 0 Å². The lowest BCUT2D eigenvalue weighted by Crippen LogP contribution is -2.72. The van der Waals surface area contributed by atoms with Gasteiger partial charge < -0.3 is 0 Å². The minimum absolute atomic E-state index is 0.117. The highest BCUT2D eigenvalue weighted by molar-refractivity contribution is 7.88. The molecule has 2 bridgehead atoms. The molecule has 116 valence electrons. The molecule has 5 heteroatoms. The van der Waals surface area contributed by atoms with Crippen molar-refractivity contribution < 1.29 is 8.42 Å². The van der Waals surface area contributed by atoms with Crippen LogP contribution in [0.5, 0.6) is 0 Å². The molecule has 0 aliphatic carbocycles. The van der Waals surface area contributed by atoms with Crippen LogP contribution in [0.2, 0.25) is 0 Å². The summed E-state index contributed by atoms with van der Waals surface area (Å²) in [5.74, 6) is 0.121. The molecule has 2 unspecified atom stereocenters. The van der Waals surface area contributed by atoms with Crippen molar-refractivity contribution in [3.63, 3.8) is 0 Å². The fourth-order valence-corrected chi connectivity index (χ4v) is 5.41.